The first-order valence-electron chi connectivity index (χ1n) is 6.44. The molecule has 0 unspecified atom stereocenters. The maximum Gasteiger partial charge on any atom is 0.217 e. The standard InChI is InChI=1S/C16H17NOS/c1-11-8-9-14(19-11)12-6-4-5-7-13(12)15-17-16(2,3)10-18-15/h4-9H,10H2,1-3H3. The number of nitrogens with zero attached hydrogens (tertiary/aromatic N) is 1. The summed E-state index contributed by atoms with van der Waals surface area (Å²) in [4.78, 5) is 7.27. The smallest absolute Gasteiger partial charge is 0.217 e. The molecule has 0 saturated carbocycles. The summed E-state index contributed by atoms with van der Waals surface area (Å²) in [5.74, 6) is 0.770. The molecule has 0 radical (unpaired) electrons. The van der Waals surface area contributed by atoms with Crippen LogP contribution in [0.2, 0.25) is 0 Å². The highest BCUT2D eigenvalue weighted by Crippen LogP contribution is 2.32. The number of hydrogen-bond acceptors (Lipinski definition) is 3. The minimum Gasteiger partial charge on any atom is -0.475 e. The Morgan fingerprint density at radius 2 is 1.84 bits per heavy atom. The van der Waals surface area contributed by atoms with Crippen LogP contribution in [0.3, 0.4) is 0 Å². The van der Waals surface area contributed by atoms with Crippen molar-refractivity contribution in [2.45, 2.75) is 26.3 Å². The molecule has 2 nitrogen and oxygen atoms in total. The molecular formula is C16H17NOS. The van der Waals surface area contributed by atoms with Crippen LogP contribution in [-0.2, 0) is 4.74 Å². The third-order valence-electron chi connectivity index (χ3n) is 3.13. The third kappa shape index (κ3) is 2.43. The summed E-state index contributed by atoms with van der Waals surface area (Å²) in [5, 5.41) is 0. The van der Waals surface area contributed by atoms with E-state index in [-0.39, 0.29) is 5.54 Å². The molecule has 0 atom stereocenters. The molecular weight excluding hydrogens is 254 g/mol. The molecule has 0 saturated heterocycles. The topological polar surface area (TPSA) is 21.6 Å². The molecule has 1 aliphatic rings. The second-order valence-corrected chi connectivity index (χ2v) is 6.76. The average Bonchev–Trinajstić information content (AvgIpc) is 2.95. The van der Waals surface area contributed by atoms with Gasteiger partial charge in [0.05, 0.1) is 5.54 Å². The van der Waals surface area contributed by atoms with E-state index in [1.54, 1.807) is 11.3 Å². The van der Waals surface area contributed by atoms with E-state index in [1.807, 2.05) is 6.07 Å². The number of rotatable bonds is 2. The van der Waals surface area contributed by atoms with Gasteiger partial charge in [0.15, 0.2) is 0 Å². The van der Waals surface area contributed by atoms with Gasteiger partial charge in [-0.2, -0.15) is 0 Å². The molecule has 2 aromatic rings. The Labute approximate surface area is 117 Å². The van der Waals surface area contributed by atoms with E-state index < -0.39 is 0 Å². The maximum atomic E-state index is 5.78. The number of aliphatic imine (C=N–C) groups is 1. The van der Waals surface area contributed by atoms with E-state index in [4.69, 9.17) is 4.74 Å². The zero-order valence-corrected chi connectivity index (χ0v) is 12.3. The van der Waals surface area contributed by atoms with Gasteiger partial charge in [0, 0.05) is 20.9 Å². The highest BCUT2D eigenvalue weighted by molar-refractivity contribution is 7.15. The lowest BCUT2D eigenvalue weighted by Gasteiger charge is -2.07. The molecule has 2 heterocycles. The van der Waals surface area contributed by atoms with Crippen LogP contribution in [0.15, 0.2) is 41.4 Å². The first-order valence-corrected chi connectivity index (χ1v) is 7.26. The maximum absolute atomic E-state index is 5.78. The van der Waals surface area contributed by atoms with Crippen molar-refractivity contribution in [2.24, 2.45) is 4.99 Å². The van der Waals surface area contributed by atoms with Crippen molar-refractivity contribution in [3.8, 4) is 10.4 Å². The molecule has 0 aliphatic carbocycles. The molecule has 0 amide bonds. The van der Waals surface area contributed by atoms with Crippen molar-refractivity contribution in [3.05, 3.63) is 46.8 Å². The van der Waals surface area contributed by atoms with Gasteiger partial charge in [-0.3, -0.25) is 0 Å². The van der Waals surface area contributed by atoms with Gasteiger partial charge in [0.2, 0.25) is 5.90 Å². The lowest BCUT2D eigenvalue weighted by molar-refractivity contribution is 0.279. The molecule has 1 aromatic heterocycles. The molecule has 98 valence electrons. The number of aryl methyl sites for hydroxylation is 1. The third-order valence-corrected chi connectivity index (χ3v) is 4.16. The fraction of sp³-hybridized carbons (Fsp3) is 0.312. The molecule has 19 heavy (non-hydrogen) atoms. The van der Waals surface area contributed by atoms with Crippen LogP contribution in [0, 0.1) is 6.92 Å². The normalized spacial score (nSPS) is 17.1. The Morgan fingerprint density at radius 3 is 2.42 bits per heavy atom. The van der Waals surface area contributed by atoms with Crippen molar-refractivity contribution < 1.29 is 4.74 Å². The van der Waals surface area contributed by atoms with Crippen molar-refractivity contribution >= 4 is 17.2 Å². The van der Waals surface area contributed by atoms with Crippen molar-refractivity contribution in [3.63, 3.8) is 0 Å². The summed E-state index contributed by atoms with van der Waals surface area (Å²) in [6, 6.07) is 12.6. The van der Waals surface area contributed by atoms with Gasteiger partial charge < -0.3 is 4.74 Å². The molecule has 0 N–H and O–H groups in total. The summed E-state index contributed by atoms with van der Waals surface area (Å²) in [6.07, 6.45) is 0. The van der Waals surface area contributed by atoms with Gasteiger partial charge in [-0.15, -0.1) is 11.3 Å². The average molecular weight is 271 g/mol. The zero-order chi connectivity index (χ0) is 13.5. The fourth-order valence-electron chi connectivity index (χ4n) is 2.19. The fourth-order valence-corrected chi connectivity index (χ4v) is 3.09. The Kier molecular flexibility index (Phi) is 2.94. The number of benzene rings is 1. The molecule has 3 rings (SSSR count). The van der Waals surface area contributed by atoms with Gasteiger partial charge >= 0.3 is 0 Å². The number of ether oxygens (including phenoxy) is 1. The van der Waals surface area contributed by atoms with Gasteiger partial charge in [0.25, 0.3) is 0 Å². The molecule has 0 fully saturated rings. The largest absolute Gasteiger partial charge is 0.475 e. The number of hydrogen-bond donors (Lipinski definition) is 0. The predicted octanol–water partition coefficient (Wildman–Crippen LogP) is 4.28. The molecule has 0 spiro atoms. The quantitative estimate of drug-likeness (QED) is 0.799. The molecule has 1 aliphatic heterocycles. The van der Waals surface area contributed by atoms with E-state index >= 15 is 0 Å². The number of thiophene rings is 1. The van der Waals surface area contributed by atoms with Gasteiger partial charge in [0.1, 0.15) is 6.61 Å². The monoisotopic (exact) mass is 271 g/mol. The van der Waals surface area contributed by atoms with E-state index in [1.165, 1.54) is 15.3 Å². The first-order chi connectivity index (χ1) is 9.05. The summed E-state index contributed by atoms with van der Waals surface area (Å²) in [6.45, 7) is 6.97. The van der Waals surface area contributed by atoms with Gasteiger partial charge in [-0.25, -0.2) is 4.99 Å². The van der Waals surface area contributed by atoms with E-state index in [2.05, 4.69) is 56.1 Å². The van der Waals surface area contributed by atoms with Crippen molar-refractivity contribution in [1.82, 2.24) is 0 Å². The highest BCUT2D eigenvalue weighted by Gasteiger charge is 2.28. The Balaban J connectivity index is 2.08. The van der Waals surface area contributed by atoms with Gasteiger partial charge in [-0.05, 0) is 39.0 Å². The zero-order valence-electron chi connectivity index (χ0n) is 11.4. The summed E-state index contributed by atoms with van der Waals surface area (Å²) < 4.78 is 5.78. The first kappa shape index (κ1) is 12.4. The van der Waals surface area contributed by atoms with Gasteiger partial charge in [-0.1, -0.05) is 18.2 Å². The predicted molar refractivity (Wildman–Crippen MR) is 81.1 cm³/mol. The second kappa shape index (κ2) is 4.49. The SMILES string of the molecule is Cc1ccc(-c2ccccc2C2=NC(C)(C)CO2)s1. The Bertz CT molecular complexity index is 640. The molecule has 3 heteroatoms. The van der Waals surface area contributed by atoms with E-state index in [0.29, 0.717) is 6.61 Å². The lowest BCUT2D eigenvalue weighted by atomic mass is 10.1. The van der Waals surface area contributed by atoms with Crippen LogP contribution < -0.4 is 0 Å². The minimum absolute atomic E-state index is 0.117. The lowest BCUT2D eigenvalue weighted by Crippen LogP contribution is -2.17. The molecule has 1 aromatic carbocycles. The van der Waals surface area contributed by atoms with E-state index in [0.717, 1.165) is 11.5 Å². The van der Waals surface area contributed by atoms with Crippen LogP contribution in [0.1, 0.15) is 24.3 Å². The van der Waals surface area contributed by atoms with Crippen LogP contribution in [-0.4, -0.2) is 18.0 Å². The Morgan fingerprint density at radius 1 is 1.11 bits per heavy atom. The van der Waals surface area contributed by atoms with Crippen molar-refractivity contribution in [1.29, 1.82) is 0 Å². The highest BCUT2D eigenvalue weighted by atomic mass is 32.1. The van der Waals surface area contributed by atoms with Crippen molar-refractivity contribution in [2.75, 3.05) is 6.61 Å². The van der Waals surface area contributed by atoms with E-state index in [9.17, 15) is 0 Å². The summed E-state index contributed by atoms with van der Waals surface area (Å²) in [7, 11) is 0. The Hall–Kier alpha value is -1.61. The van der Waals surface area contributed by atoms with Crippen LogP contribution in [0.5, 0.6) is 0 Å². The minimum atomic E-state index is -0.117. The van der Waals surface area contributed by atoms with Crippen LogP contribution >= 0.6 is 11.3 Å². The van der Waals surface area contributed by atoms with Crippen LogP contribution in [0.4, 0.5) is 0 Å². The molecule has 0 bridgehead atoms. The summed E-state index contributed by atoms with van der Waals surface area (Å²) >= 11 is 1.80. The van der Waals surface area contributed by atoms with Crippen LogP contribution in [0.25, 0.3) is 10.4 Å². The summed E-state index contributed by atoms with van der Waals surface area (Å²) in [5.41, 5.74) is 2.18. The second-order valence-electron chi connectivity index (χ2n) is 5.47.